The molecule has 4 aromatic carbocycles. The molecule has 1 atom stereocenters. The molecule has 0 amide bonds. The van der Waals surface area contributed by atoms with Crippen molar-refractivity contribution in [3.05, 3.63) is 130 Å². The third-order valence-electron chi connectivity index (χ3n) is 6.73. The van der Waals surface area contributed by atoms with Gasteiger partial charge in [-0.2, -0.15) is 10.2 Å². The lowest BCUT2D eigenvalue weighted by Gasteiger charge is -2.47. The van der Waals surface area contributed by atoms with Gasteiger partial charge in [-0.25, -0.2) is 10.0 Å². The first-order valence-electron chi connectivity index (χ1n) is 12.5. The molecule has 4 aromatic rings. The van der Waals surface area contributed by atoms with Crippen LogP contribution in [0.4, 0.5) is 11.4 Å². The number of hydrogen-bond acceptors (Lipinski definition) is 6. The Bertz CT molecular complexity index is 1590. The molecular weight excluding hydrogens is 512 g/mol. The lowest BCUT2D eigenvalue weighted by Crippen LogP contribution is -2.54. The van der Waals surface area contributed by atoms with E-state index in [-0.39, 0.29) is 5.78 Å². The number of nitrogens with zero attached hydrogens (tertiary/aromatic N) is 4. The molecule has 38 heavy (non-hydrogen) atoms. The molecule has 2 heterocycles. The minimum Gasteiger partial charge on any atom is -0.292 e. The van der Waals surface area contributed by atoms with Crippen molar-refractivity contribution >= 4 is 51.3 Å². The summed E-state index contributed by atoms with van der Waals surface area (Å²) in [7, 11) is 0. The molecule has 7 heteroatoms. The van der Waals surface area contributed by atoms with Crippen LogP contribution in [0.2, 0.25) is 5.02 Å². The Morgan fingerprint density at radius 1 is 0.842 bits per heavy atom. The average molecular weight is 537 g/mol. The molecule has 1 spiro atoms. The summed E-state index contributed by atoms with van der Waals surface area (Å²) in [6, 6.07) is 34.4. The van der Waals surface area contributed by atoms with Gasteiger partial charge in [0.25, 0.3) is 0 Å². The van der Waals surface area contributed by atoms with Crippen molar-refractivity contribution in [2.45, 2.75) is 25.3 Å². The fourth-order valence-corrected chi connectivity index (χ4v) is 6.34. The van der Waals surface area contributed by atoms with E-state index in [4.69, 9.17) is 21.8 Å². The molecule has 0 N–H and O–H groups in total. The highest BCUT2D eigenvalue weighted by Gasteiger charge is 2.55. The van der Waals surface area contributed by atoms with Crippen molar-refractivity contribution in [1.29, 1.82) is 0 Å². The molecule has 0 unspecified atom stereocenters. The fourth-order valence-electron chi connectivity index (χ4n) is 4.86. The van der Waals surface area contributed by atoms with Crippen LogP contribution < -0.4 is 10.0 Å². The number of carbonyl (C=O) groups excluding carboxylic acids is 1. The summed E-state index contributed by atoms with van der Waals surface area (Å²) >= 11 is 7.84. The van der Waals surface area contributed by atoms with E-state index < -0.39 is 4.99 Å². The van der Waals surface area contributed by atoms with Crippen LogP contribution in [0.5, 0.6) is 0 Å². The van der Waals surface area contributed by atoms with Crippen molar-refractivity contribution in [1.82, 2.24) is 0 Å². The van der Waals surface area contributed by atoms with Gasteiger partial charge in [-0.3, -0.25) is 4.79 Å². The number of anilines is 2. The van der Waals surface area contributed by atoms with Crippen molar-refractivity contribution in [2.75, 3.05) is 10.0 Å². The van der Waals surface area contributed by atoms with E-state index in [1.807, 2.05) is 76.7 Å². The quantitative estimate of drug-likeness (QED) is 0.266. The maximum atomic E-state index is 12.8. The Morgan fingerprint density at radius 3 is 2.24 bits per heavy atom. The van der Waals surface area contributed by atoms with Gasteiger partial charge in [-0.15, -0.1) is 0 Å². The molecule has 0 aromatic heterocycles. The average Bonchev–Trinajstić information content (AvgIpc) is 3.35. The smallest absolute Gasteiger partial charge is 0.234 e. The van der Waals surface area contributed by atoms with Crippen molar-refractivity contribution < 1.29 is 4.79 Å². The zero-order valence-corrected chi connectivity index (χ0v) is 22.6. The third-order valence-corrected chi connectivity index (χ3v) is 8.38. The first kappa shape index (κ1) is 24.5. The van der Waals surface area contributed by atoms with Gasteiger partial charge in [0, 0.05) is 28.6 Å². The van der Waals surface area contributed by atoms with E-state index in [1.54, 1.807) is 6.92 Å². The molecule has 6 rings (SSSR count). The van der Waals surface area contributed by atoms with Crippen LogP contribution in [0.15, 0.2) is 113 Å². The van der Waals surface area contributed by atoms with E-state index in [9.17, 15) is 4.79 Å². The highest BCUT2D eigenvalue weighted by molar-refractivity contribution is 8.17. The Kier molecular flexibility index (Phi) is 6.30. The molecule has 2 aliphatic rings. The summed E-state index contributed by atoms with van der Waals surface area (Å²) in [5, 5.41) is 15.0. The predicted octanol–water partition coefficient (Wildman–Crippen LogP) is 7.44. The van der Waals surface area contributed by atoms with Crippen molar-refractivity contribution in [3.63, 3.8) is 0 Å². The molecule has 0 saturated heterocycles. The third kappa shape index (κ3) is 4.01. The minimum atomic E-state index is -0.990. The molecule has 0 bridgehead atoms. The van der Waals surface area contributed by atoms with Crippen LogP contribution in [0.25, 0.3) is 0 Å². The second-order valence-corrected chi connectivity index (χ2v) is 10.8. The highest BCUT2D eigenvalue weighted by Crippen LogP contribution is 2.55. The van der Waals surface area contributed by atoms with E-state index in [0.717, 1.165) is 40.2 Å². The van der Waals surface area contributed by atoms with Crippen LogP contribution in [-0.4, -0.2) is 16.5 Å². The number of hydrazone groups is 2. The topological polar surface area (TPSA) is 48.3 Å². The fraction of sp³-hybridized carbons (Fsp3) is 0.129. The highest BCUT2D eigenvalue weighted by atomic mass is 35.5. The molecule has 0 aliphatic carbocycles. The van der Waals surface area contributed by atoms with Gasteiger partial charge in [0.1, 0.15) is 0 Å². The molecule has 5 nitrogen and oxygen atoms in total. The van der Waals surface area contributed by atoms with Gasteiger partial charge in [0.2, 0.25) is 4.99 Å². The summed E-state index contributed by atoms with van der Waals surface area (Å²) in [6.07, 6.45) is 0.971. The van der Waals surface area contributed by atoms with Gasteiger partial charge in [-0.05, 0) is 54.1 Å². The number of Topliss-reactive ketones (excluding diaryl/α,β-unsaturated/α-hetero) is 1. The Morgan fingerprint density at radius 2 is 1.53 bits per heavy atom. The van der Waals surface area contributed by atoms with E-state index in [2.05, 4.69) is 43.3 Å². The maximum absolute atomic E-state index is 12.8. The lowest BCUT2D eigenvalue weighted by molar-refractivity contribution is -0.110. The monoisotopic (exact) mass is 536 g/mol. The van der Waals surface area contributed by atoms with Crippen LogP contribution in [0, 0.1) is 0 Å². The molecule has 0 saturated carbocycles. The van der Waals surface area contributed by atoms with Crippen molar-refractivity contribution in [2.24, 2.45) is 10.2 Å². The summed E-state index contributed by atoms with van der Waals surface area (Å²) in [6.45, 7) is 3.70. The zero-order valence-electron chi connectivity index (χ0n) is 21.0. The first-order chi connectivity index (χ1) is 18.5. The summed E-state index contributed by atoms with van der Waals surface area (Å²) in [4.78, 5) is 11.8. The molecule has 0 radical (unpaired) electrons. The molecule has 2 aliphatic heterocycles. The molecular formula is C31H25ClN4OS. The molecule has 0 fully saturated rings. The SMILES string of the molecule is CCc1ccc(C2=NN(c3ccccc3)[C@@]3(SC(C(C)=O)=NN3c3cccc(Cl)c3)c3ccccc32)cc1. The summed E-state index contributed by atoms with van der Waals surface area (Å²) < 4.78 is 0. The normalized spacial score (nSPS) is 18.3. The number of fused-ring (bicyclic) bond motifs is 2. The van der Waals surface area contributed by atoms with Gasteiger partial charge < -0.3 is 0 Å². The number of benzene rings is 4. The van der Waals surface area contributed by atoms with Gasteiger partial charge in [-0.1, -0.05) is 91.3 Å². The van der Waals surface area contributed by atoms with Crippen LogP contribution >= 0.6 is 23.4 Å². The minimum absolute atomic E-state index is 0.102. The van der Waals surface area contributed by atoms with E-state index in [0.29, 0.717) is 10.1 Å². The predicted molar refractivity (Wildman–Crippen MR) is 158 cm³/mol. The molecule has 188 valence electrons. The number of ketones is 1. The lowest BCUT2D eigenvalue weighted by atomic mass is 9.92. The number of rotatable bonds is 5. The van der Waals surface area contributed by atoms with Gasteiger partial charge in [0.05, 0.1) is 17.1 Å². The van der Waals surface area contributed by atoms with Gasteiger partial charge >= 0.3 is 0 Å². The Balaban J connectivity index is 1.65. The van der Waals surface area contributed by atoms with Crippen LogP contribution in [0.1, 0.15) is 36.1 Å². The standard InChI is InChI=1S/C31H25ClN4OS/c1-3-22-16-18-23(19-17-22)29-27-14-7-8-15-28(27)31(35(33-29)25-11-5-4-6-12-25)36(34-30(38-31)21(2)37)26-13-9-10-24(32)20-26/h4-20H,3H2,1-2H3/t31-/m0/s1. The number of hydrogen-bond donors (Lipinski definition) is 0. The summed E-state index contributed by atoms with van der Waals surface area (Å²) in [5.74, 6) is -0.102. The van der Waals surface area contributed by atoms with Gasteiger partial charge in [0.15, 0.2) is 10.8 Å². The number of halogens is 1. The number of thioether (sulfide) groups is 1. The van der Waals surface area contributed by atoms with Crippen LogP contribution in [-0.2, 0) is 16.2 Å². The second-order valence-electron chi connectivity index (χ2n) is 9.16. The summed E-state index contributed by atoms with van der Waals surface area (Å²) in [5.41, 5.74) is 6.78. The number of aryl methyl sites for hydroxylation is 1. The largest absolute Gasteiger partial charge is 0.292 e. The number of carbonyl (C=O) groups is 1. The van der Waals surface area contributed by atoms with E-state index in [1.165, 1.54) is 17.3 Å². The maximum Gasteiger partial charge on any atom is 0.234 e. The number of para-hydroxylation sites is 1. The van der Waals surface area contributed by atoms with E-state index >= 15 is 0 Å². The van der Waals surface area contributed by atoms with Crippen molar-refractivity contribution in [3.8, 4) is 0 Å². The Hall–Kier alpha value is -3.87. The zero-order chi connectivity index (χ0) is 26.3. The second kappa shape index (κ2) is 9.78. The first-order valence-corrected chi connectivity index (χ1v) is 13.7. The van der Waals surface area contributed by atoms with Crippen LogP contribution in [0.3, 0.4) is 0 Å². The Labute approximate surface area is 231 Å².